The Morgan fingerprint density at radius 2 is 0.547 bits per heavy atom. The number of aliphatic hydroxyl groups is 3. The quantitative estimate of drug-likeness (QED) is 0.0498. The molecule has 0 unspecified atom stereocenters. The molecule has 3 aliphatic heterocycles. The summed E-state index contributed by atoms with van der Waals surface area (Å²) in [6, 6.07) is 53.0. The predicted molar refractivity (Wildman–Crippen MR) is 305 cm³/mol. The average Bonchev–Trinajstić information content (AvgIpc) is 3.44. The van der Waals surface area contributed by atoms with E-state index in [0.29, 0.717) is 0 Å². The number of nitrogens with zero attached hydrogens (tertiary/aromatic N) is 3. The van der Waals surface area contributed by atoms with Crippen LogP contribution in [0.15, 0.2) is 164 Å². The third-order valence-electron chi connectivity index (χ3n) is 16.2. The first kappa shape index (κ1) is 57.2. The Kier molecular flexibility index (Phi) is 22.6. The lowest BCUT2D eigenvalue weighted by Crippen LogP contribution is -2.38. The van der Waals surface area contributed by atoms with Crippen LogP contribution < -0.4 is 0 Å². The number of aliphatic hydroxyl groups excluding tert-OH is 3. The highest BCUT2D eigenvalue weighted by Crippen LogP contribution is 2.31. The highest BCUT2D eigenvalue weighted by molar-refractivity contribution is 5.29. The van der Waals surface area contributed by atoms with E-state index in [2.05, 4.69) is 126 Å². The van der Waals surface area contributed by atoms with Crippen molar-refractivity contribution in [2.75, 3.05) is 58.9 Å². The fraction of sp³-hybridized carbons (Fsp3) is 0.455. The summed E-state index contributed by atoms with van der Waals surface area (Å²) in [5.41, 5.74) is 6.96. The van der Waals surface area contributed by atoms with Gasteiger partial charge in [0.1, 0.15) is 17.2 Å². The molecule has 6 aromatic rings. The van der Waals surface area contributed by atoms with Gasteiger partial charge in [0.2, 0.25) is 0 Å². The molecule has 9 heteroatoms. The van der Waals surface area contributed by atoms with E-state index in [-0.39, 0.29) is 35.0 Å². The predicted octanol–water partition coefficient (Wildman–Crippen LogP) is 12.0. The second kappa shape index (κ2) is 29.7. The van der Waals surface area contributed by atoms with Gasteiger partial charge in [-0.25, -0.2) is 0 Å². The Hall–Kier alpha value is -5.52. The SMILES string of the molecule is C[C@@H](CN1CCC(Cc2ccccc2)CC1)[C@@H](O)c1ccc(O)cc1.C[C@@H](CN1CCC(Cc2ccccc2)CC1)[C@@H](O)c1ccc(O)cc1.C[C@@H](CN1CCC(Cc2ccccc2)CC1)[C@@H](O)c1ccc(O)cc1. The molecule has 3 aliphatic rings. The molecular weight excluding hydrogens is 931 g/mol. The number of benzene rings is 6. The zero-order valence-electron chi connectivity index (χ0n) is 45.0. The third-order valence-corrected chi connectivity index (χ3v) is 16.2. The number of piperidine rings is 3. The van der Waals surface area contributed by atoms with E-state index in [4.69, 9.17) is 0 Å². The van der Waals surface area contributed by atoms with E-state index >= 15 is 0 Å². The van der Waals surface area contributed by atoms with Crippen molar-refractivity contribution < 1.29 is 30.6 Å². The molecule has 0 aliphatic carbocycles. The Morgan fingerprint density at radius 3 is 0.760 bits per heavy atom. The van der Waals surface area contributed by atoms with Crippen molar-refractivity contribution >= 4 is 0 Å². The summed E-state index contributed by atoms with van der Waals surface area (Å²) in [6.07, 6.45) is 9.49. The van der Waals surface area contributed by atoms with E-state index in [1.54, 1.807) is 36.4 Å². The van der Waals surface area contributed by atoms with Crippen molar-refractivity contribution in [1.29, 1.82) is 0 Å². The number of rotatable bonds is 18. The van der Waals surface area contributed by atoms with Crippen LogP contribution in [0.5, 0.6) is 17.2 Å². The number of hydrogen-bond acceptors (Lipinski definition) is 9. The Morgan fingerprint density at radius 1 is 0.333 bits per heavy atom. The normalized spacial score (nSPS) is 18.8. The van der Waals surface area contributed by atoms with Crippen LogP contribution in [-0.4, -0.2) is 104 Å². The summed E-state index contributed by atoms with van der Waals surface area (Å²) in [5.74, 6) is 3.57. The lowest BCUT2D eigenvalue weighted by molar-refractivity contribution is 0.0750. The molecule has 3 heterocycles. The van der Waals surface area contributed by atoms with Crippen LogP contribution in [0.4, 0.5) is 0 Å². The van der Waals surface area contributed by atoms with Gasteiger partial charge in [-0.2, -0.15) is 0 Å². The van der Waals surface area contributed by atoms with Gasteiger partial charge in [0, 0.05) is 19.6 Å². The first-order chi connectivity index (χ1) is 36.3. The first-order valence-electron chi connectivity index (χ1n) is 28.0. The largest absolute Gasteiger partial charge is 0.508 e. The van der Waals surface area contributed by atoms with Gasteiger partial charge in [-0.1, -0.05) is 148 Å². The number of phenols is 3. The van der Waals surface area contributed by atoms with Crippen LogP contribution >= 0.6 is 0 Å². The molecule has 0 saturated carbocycles. The van der Waals surface area contributed by atoms with Crippen molar-refractivity contribution in [1.82, 2.24) is 14.7 Å². The highest BCUT2D eigenvalue weighted by atomic mass is 16.3. The van der Waals surface area contributed by atoms with Gasteiger partial charge in [0.15, 0.2) is 0 Å². The zero-order chi connectivity index (χ0) is 52.9. The minimum absolute atomic E-state index is 0.176. The Balaban J connectivity index is 0.000000164. The van der Waals surface area contributed by atoms with Crippen LogP contribution in [0.3, 0.4) is 0 Å². The number of likely N-dealkylation sites (tertiary alicyclic amines) is 3. The van der Waals surface area contributed by atoms with E-state index in [1.165, 1.54) is 74.5 Å². The summed E-state index contributed by atoms with van der Waals surface area (Å²) in [6.45, 7) is 15.8. The van der Waals surface area contributed by atoms with Gasteiger partial charge in [-0.15, -0.1) is 0 Å². The van der Waals surface area contributed by atoms with Crippen LogP contribution in [0.1, 0.15) is 111 Å². The molecule has 6 atom stereocenters. The molecule has 75 heavy (non-hydrogen) atoms. The maximum atomic E-state index is 10.5. The fourth-order valence-corrected chi connectivity index (χ4v) is 11.5. The van der Waals surface area contributed by atoms with E-state index in [9.17, 15) is 30.6 Å². The molecule has 6 N–H and O–H groups in total. The second-order valence-corrected chi connectivity index (χ2v) is 22.3. The molecule has 0 aromatic heterocycles. The highest BCUT2D eigenvalue weighted by Gasteiger charge is 2.27. The van der Waals surface area contributed by atoms with Gasteiger partial charge in [0.05, 0.1) is 18.3 Å². The summed E-state index contributed by atoms with van der Waals surface area (Å²) >= 11 is 0. The van der Waals surface area contributed by atoms with Crippen molar-refractivity contribution in [3.8, 4) is 17.2 Å². The molecule has 9 rings (SSSR count). The van der Waals surface area contributed by atoms with E-state index < -0.39 is 18.3 Å². The Labute approximate surface area is 449 Å². The fourth-order valence-electron chi connectivity index (χ4n) is 11.5. The minimum atomic E-state index is -0.484. The van der Waals surface area contributed by atoms with Gasteiger partial charge in [-0.05, 0) is 202 Å². The monoisotopic (exact) mass is 1020 g/mol. The third kappa shape index (κ3) is 18.9. The van der Waals surface area contributed by atoms with Crippen LogP contribution in [0.25, 0.3) is 0 Å². The molecule has 0 radical (unpaired) electrons. The van der Waals surface area contributed by atoms with Gasteiger partial charge in [0.25, 0.3) is 0 Å². The lowest BCUT2D eigenvalue weighted by atomic mass is 9.89. The van der Waals surface area contributed by atoms with Crippen LogP contribution in [0, 0.1) is 35.5 Å². The summed E-state index contributed by atoms with van der Waals surface area (Å²) in [5, 5.41) is 59.8. The standard InChI is InChI=1S/3C22H29NO2/c3*1-17(22(25)20-7-9-21(24)10-8-20)16-23-13-11-19(12-14-23)15-18-5-3-2-4-6-18/h3*2-10,17,19,22,24-25H,11-16H2,1H3/t3*17-,22+/m000/s1. The van der Waals surface area contributed by atoms with E-state index in [0.717, 1.165) is 93.3 Å². The molecule has 3 saturated heterocycles. The van der Waals surface area contributed by atoms with Gasteiger partial charge in [-0.3, -0.25) is 0 Å². The number of aromatic hydroxyl groups is 3. The molecule has 0 bridgehead atoms. The summed E-state index contributed by atoms with van der Waals surface area (Å²) in [4.78, 5) is 7.45. The molecular formula is C66H87N3O6. The van der Waals surface area contributed by atoms with Gasteiger partial charge < -0.3 is 45.3 Å². The maximum Gasteiger partial charge on any atom is 0.115 e. The van der Waals surface area contributed by atoms with E-state index in [1.807, 2.05) is 36.4 Å². The Bertz CT molecular complexity index is 2180. The molecule has 0 spiro atoms. The molecule has 3 fully saturated rings. The molecule has 0 amide bonds. The zero-order valence-corrected chi connectivity index (χ0v) is 45.0. The number of hydrogen-bond donors (Lipinski definition) is 6. The van der Waals surface area contributed by atoms with Crippen molar-refractivity contribution in [3.63, 3.8) is 0 Å². The molecule has 9 nitrogen and oxygen atoms in total. The lowest BCUT2D eigenvalue weighted by Gasteiger charge is -2.34. The topological polar surface area (TPSA) is 131 Å². The van der Waals surface area contributed by atoms with Crippen LogP contribution in [-0.2, 0) is 19.3 Å². The molecule has 402 valence electrons. The van der Waals surface area contributed by atoms with Crippen molar-refractivity contribution in [2.24, 2.45) is 35.5 Å². The molecule has 6 aromatic carbocycles. The summed E-state index contributed by atoms with van der Waals surface area (Å²) in [7, 11) is 0. The van der Waals surface area contributed by atoms with Crippen molar-refractivity contribution in [2.45, 2.75) is 96.9 Å². The summed E-state index contributed by atoms with van der Waals surface area (Å²) < 4.78 is 0. The number of phenolic OH excluding ortho intramolecular Hbond substituents is 3. The van der Waals surface area contributed by atoms with Crippen molar-refractivity contribution in [3.05, 3.63) is 197 Å². The van der Waals surface area contributed by atoms with Crippen LogP contribution in [0.2, 0.25) is 0 Å². The smallest absolute Gasteiger partial charge is 0.115 e. The second-order valence-electron chi connectivity index (χ2n) is 22.3. The maximum absolute atomic E-state index is 10.5. The minimum Gasteiger partial charge on any atom is -0.508 e. The average molecular weight is 1020 g/mol. The van der Waals surface area contributed by atoms with Gasteiger partial charge >= 0.3 is 0 Å². The first-order valence-corrected chi connectivity index (χ1v) is 28.0.